The Hall–Kier alpha value is -1.00. The van der Waals surface area contributed by atoms with Crippen LogP contribution in [0.15, 0.2) is 24.3 Å². The third-order valence-electron chi connectivity index (χ3n) is 4.19. The van der Waals surface area contributed by atoms with E-state index in [-0.39, 0.29) is 16.7 Å². The molecule has 0 spiro atoms. The van der Waals surface area contributed by atoms with Crippen molar-refractivity contribution in [1.29, 1.82) is 0 Å². The Morgan fingerprint density at radius 3 is 3.00 bits per heavy atom. The van der Waals surface area contributed by atoms with E-state index in [2.05, 4.69) is 5.32 Å². The molecule has 0 aromatic heterocycles. The molecule has 2 N–H and O–H groups in total. The van der Waals surface area contributed by atoms with Gasteiger partial charge in [-0.15, -0.1) is 11.8 Å². The van der Waals surface area contributed by atoms with E-state index in [1.807, 2.05) is 31.2 Å². The predicted molar refractivity (Wildman–Crippen MR) is 77.1 cm³/mol. The summed E-state index contributed by atoms with van der Waals surface area (Å²) in [6.45, 7) is 2.01. The number of carbonyl (C=O) groups is 1. The van der Waals surface area contributed by atoms with E-state index in [1.165, 1.54) is 0 Å². The van der Waals surface area contributed by atoms with Crippen LogP contribution in [0.4, 0.5) is 0 Å². The van der Waals surface area contributed by atoms with Gasteiger partial charge in [0.05, 0.1) is 16.9 Å². The summed E-state index contributed by atoms with van der Waals surface area (Å²) >= 11 is 1.73. The Morgan fingerprint density at radius 2 is 2.26 bits per heavy atom. The largest absolute Gasteiger partial charge is 0.390 e. The first-order valence-electron chi connectivity index (χ1n) is 6.81. The summed E-state index contributed by atoms with van der Waals surface area (Å²) < 4.78 is -0.322. The van der Waals surface area contributed by atoms with E-state index in [9.17, 15) is 9.90 Å². The van der Waals surface area contributed by atoms with Crippen molar-refractivity contribution in [2.45, 2.75) is 43.1 Å². The minimum atomic E-state index is -0.503. The third kappa shape index (κ3) is 2.28. The molecule has 0 radical (unpaired) electrons. The molecule has 1 amide bonds. The van der Waals surface area contributed by atoms with Crippen molar-refractivity contribution < 1.29 is 9.90 Å². The van der Waals surface area contributed by atoms with E-state index in [0.717, 1.165) is 29.7 Å². The summed E-state index contributed by atoms with van der Waals surface area (Å²) in [5.74, 6) is 1.11. The minimum absolute atomic E-state index is 0.0655. The van der Waals surface area contributed by atoms with Gasteiger partial charge in [0.15, 0.2) is 0 Å². The topological polar surface area (TPSA) is 49.3 Å². The molecule has 0 saturated carbocycles. The summed E-state index contributed by atoms with van der Waals surface area (Å²) in [6.07, 6.45) is 2.15. The Morgan fingerprint density at radius 1 is 1.47 bits per heavy atom. The summed E-state index contributed by atoms with van der Waals surface area (Å²) in [5.41, 5.74) is 2.21. The van der Waals surface area contributed by atoms with Crippen LogP contribution >= 0.6 is 11.8 Å². The number of benzene rings is 1. The second-order valence-corrected chi connectivity index (χ2v) is 7.20. The molecule has 1 heterocycles. The molecule has 1 aliphatic carbocycles. The van der Waals surface area contributed by atoms with E-state index in [0.29, 0.717) is 6.42 Å². The fraction of sp³-hybridized carbons (Fsp3) is 0.533. The van der Waals surface area contributed by atoms with Crippen LogP contribution in [0.2, 0.25) is 0 Å². The maximum absolute atomic E-state index is 12.4. The van der Waals surface area contributed by atoms with Crippen LogP contribution < -0.4 is 5.32 Å². The van der Waals surface area contributed by atoms with Gasteiger partial charge >= 0.3 is 0 Å². The SMILES string of the molecule is CC1(C(=O)NC2c3ccccc3CC2O)CCCS1. The normalized spacial score (nSPS) is 33.2. The molecule has 1 aromatic rings. The zero-order chi connectivity index (χ0) is 13.5. The van der Waals surface area contributed by atoms with E-state index in [1.54, 1.807) is 11.8 Å². The average Bonchev–Trinajstić information content (AvgIpc) is 2.96. The first kappa shape index (κ1) is 13.0. The average molecular weight is 277 g/mol. The lowest BCUT2D eigenvalue weighted by Gasteiger charge is -2.26. The van der Waals surface area contributed by atoms with E-state index in [4.69, 9.17) is 0 Å². The van der Waals surface area contributed by atoms with Gasteiger partial charge in [-0.2, -0.15) is 0 Å². The molecule has 1 saturated heterocycles. The minimum Gasteiger partial charge on any atom is -0.390 e. The highest BCUT2D eigenvalue weighted by Crippen LogP contribution is 2.39. The lowest BCUT2D eigenvalue weighted by Crippen LogP contribution is -2.44. The Balaban J connectivity index is 1.78. The summed E-state index contributed by atoms with van der Waals surface area (Å²) in [7, 11) is 0. The van der Waals surface area contributed by atoms with Crippen LogP contribution in [0, 0.1) is 0 Å². The number of rotatable bonds is 2. The van der Waals surface area contributed by atoms with E-state index >= 15 is 0 Å². The number of nitrogens with one attached hydrogen (secondary N) is 1. The van der Waals surface area contributed by atoms with Gasteiger partial charge in [0.25, 0.3) is 0 Å². The molecule has 1 fully saturated rings. The van der Waals surface area contributed by atoms with Crippen molar-refractivity contribution in [1.82, 2.24) is 5.32 Å². The van der Waals surface area contributed by atoms with Crippen molar-refractivity contribution in [2.24, 2.45) is 0 Å². The van der Waals surface area contributed by atoms with Crippen molar-refractivity contribution in [3.8, 4) is 0 Å². The molecule has 19 heavy (non-hydrogen) atoms. The van der Waals surface area contributed by atoms with Crippen molar-refractivity contribution in [2.75, 3.05) is 5.75 Å². The van der Waals surface area contributed by atoms with E-state index < -0.39 is 6.10 Å². The molecule has 3 rings (SSSR count). The van der Waals surface area contributed by atoms with Gasteiger partial charge in [-0.05, 0) is 36.6 Å². The van der Waals surface area contributed by atoms with Gasteiger partial charge in [0.2, 0.25) is 5.91 Å². The highest BCUT2D eigenvalue weighted by Gasteiger charge is 2.40. The number of hydrogen-bond acceptors (Lipinski definition) is 3. The summed E-state index contributed by atoms with van der Waals surface area (Å²) in [6, 6.07) is 7.71. The molecule has 1 aromatic carbocycles. The van der Waals surface area contributed by atoms with Gasteiger partial charge < -0.3 is 10.4 Å². The number of amides is 1. The first-order valence-corrected chi connectivity index (χ1v) is 7.79. The van der Waals surface area contributed by atoms with Crippen LogP contribution in [-0.4, -0.2) is 27.6 Å². The highest BCUT2D eigenvalue weighted by atomic mass is 32.2. The number of aliphatic hydroxyl groups is 1. The maximum Gasteiger partial charge on any atom is 0.236 e. The lowest BCUT2D eigenvalue weighted by atomic mass is 10.0. The Bertz CT molecular complexity index is 497. The highest BCUT2D eigenvalue weighted by molar-refractivity contribution is 8.01. The van der Waals surface area contributed by atoms with Gasteiger partial charge in [0, 0.05) is 6.42 Å². The molecule has 2 aliphatic rings. The molecular weight excluding hydrogens is 258 g/mol. The molecule has 4 heteroatoms. The third-order valence-corrected chi connectivity index (χ3v) is 5.71. The molecule has 102 valence electrons. The van der Waals surface area contributed by atoms with Crippen LogP contribution in [0.5, 0.6) is 0 Å². The zero-order valence-corrected chi connectivity index (χ0v) is 11.9. The Labute approximate surface area is 117 Å². The monoisotopic (exact) mass is 277 g/mol. The second-order valence-electron chi connectivity index (χ2n) is 5.60. The second kappa shape index (κ2) is 4.84. The quantitative estimate of drug-likeness (QED) is 0.870. The predicted octanol–water partition coefficient (Wildman–Crippen LogP) is 2.05. The molecular formula is C15H19NO2S. The van der Waals surface area contributed by atoms with Gasteiger partial charge in [-0.1, -0.05) is 24.3 Å². The van der Waals surface area contributed by atoms with Gasteiger partial charge in [-0.25, -0.2) is 0 Å². The number of aliphatic hydroxyl groups excluding tert-OH is 1. The van der Waals surface area contributed by atoms with Crippen molar-refractivity contribution >= 4 is 17.7 Å². The van der Waals surface area contributed by atoms with Gasteiger partial charge in [0.1, 0.15) is 0 Å². The molecule has 3 atom stereocenters. The molecule has 0 bridgehead atoms. The summed E-state index contributed by atoms with van der Waals surface area (Å²) in [4.78, 5) is 12.4. The van der Waals surface area contributed by atoms with Crippen molar-refractivity contribution in [3.05, 3.63) is 35.4 Å². The number of hydrogen-bond donors (Lipinski definition) is 2. The van der Waals surface area contributed by atoms with Gasteiger partial charge in [-0.3, -0.25) is 4.79 Å². The van der Waals surface area contributed by atoms with Crippen LogP contribution in [0.3, 0.4) is 0 Å². The Kier molecular flexibility index (Phi) is 3.31. The molecule has 1 aliphatic heterocycles. The summed E-state index contributed by atoms with van der Waals surface area (Å²) in [5, 5.41) is 13.2. The number of thioether (sulfide) groups is 1. The van der Waals surface area contributed by atoms with Crippen LogP contribution in [-0.2, 0) is 11.2 Å². The maximum atomic E-state index is 12.4. The van der Waals surface area contributed by atoms with Crippen molar-refractivity contribution in [3.63, 3.8) is 0 Å². The zero-order valence-electron chi connectivity index (χ0n) is 11.1. The number of carbonyl (C=O) groups excluding carboxylic acids is 1. The molecule has 3 unspecified atom stereocenters. The fourth-order valence-corrected chi connectivity index (χ4v) is 4.22. The smallest absolute Gasteiger partial charge is 0.236 e. The first-order chi connectivity index (χ1) is 9.10. The lowest BCUT2D eigenvalue weighted by molar-refractivity contribution is -0.124. The van der Waals surface area contributed by atoms with Crippen LogP contribution in [0.25, 0.3) is 0 Å². The number of fused-ring (bicyclic) bond motifs is 1. The van der Waals surface area contributed by atoms with Crippen LogP contribution in [0.1, 0.15) is 36.9 Å². The molecule has 3 nitrogen and oxygen atoms in total. The fourth-order valence-electron chi connectivity index (χ4n) is 3.00. The standard InChI is InChI=1S/C15H19NO2S/c1-15(7-4-8-19-15)14(18)16-13-11-6-3-2-5-10(11)9-12(13)17/h2-3,5-6,12-13,17H,4,7-9H2,1H3,(H,16,18).